The molecule has 14 heavy (non-hydrogen) atoms. The van der Waals surface area contributed by atoms with Crippen molar-refractivity contribution in [2.75, 3.05) is 7.11 Å². The third-order valence-corrected chi connectivity index (χ3v) is 2.92. The van der Waals surface area contributed by atoms with Gasteiger partial charge in [0.05, 0.1) is 13.5 Å². The highest BCUT2D eigenvalue weighted by atomic mass is 16.5. The standard InChI is InChI=1S/C11H21NO2/c1-8-4-5-10(6-8)12-9(2)7-11(13)14-3/h8-10,12H,4-7H2,1-3H3. The van der Waals surface area contributed by atoms with Crippen molar-refractivity contribution in [2.45, 2.75) is 51.6 Å². The maximum atomic E-state index is 11.0. The largest absolute Gasteiger partial charge is 0.469 e. The Balaban J connectivity index is 2.20. The van der Waals surface area contributed by atoms with Gasteiger partial charge in [-0.25, -0.2) is 0 Å². The van der Waals surface area contributed by atoms with E-state index in [0.29, 0.717) is 12.5 Å². The second-order valence-corrected chi connectivity index (χ2v) is 4.46. The third-order valence-electron chi connectivity index (χ3n) is 2.92. The quantitative estimate of drug-likeness (QED) is 0.701. The highest BCUT2D eigenvalue weighted by Crippen LogP contribution is 2.25. The van der Waals surface area contributed by atoms with Gasteiger partial charge in [0.25, 0.3) is 0 Å². The number of carbonyl (C=O) groups is 1. The Morgan fingerprint density at radius 2 is 2.29 bits per heavy atom. The zero-order chi connectivity index (χ0) is 10.6. The average molecular weight is 199 g/mol. The summed E-state index contributed by atoms with van der Waals surface area (Å²) < 4.78 is 4.63. The molecular weight excluding hydrogens is 178 g/mol. The van der Waals surface area contributed by atoms with Crippen LogP contribution in [0.1, 0.15) is 39.5 Å². The van der Waals surface area contributed by atoms with Crippen LogP contribution in [-0.2, 0) is 9.53 Å². The number of esters is 1. The third kappa shape index (κ3) is 3.66. The van der Waals surface area contributed by atoms with Crippen molar-refractivity contribution in [1.82, 2.24) is 5.32 Å². The smallest absolute Gasteiger partial charge is 0.307 e. The van der Waals surface area contributed by atoms with Gasteiger partial charge < -0.3 is 10.1 Å². The second-order valence-electron chi connectivity index (χ2n) is 4.46. The zero-order valence-electron chi connectivity index (χ0n) is 9.38. The highest BCUT2D eigenvalue weighted by Gasteiger charge is 2.22. The van der Waals surface area contributed by atoms with Crippen molar-refractivity contribution in [3.8, 4) is 0 Å². The van der Waals surface area contributed by atoms with E-state index in [2.05, 4.69) is 17.0 Å². The second kappa shape index (κ2) is 5.35. The lowest BCUT2D eigenvalue weighted by Gasteiger charge is -2.18. The molecule has 0 bridgehead atoms. The Bertz CT molecular complexity index is 194. The number of hydrogen-bond acceptors (Lipinski definition) is 3. The fraction of sp³-hybridized carbons (Fsp3) is 0.909. The molecule has 0 saturated heterocycles. The molecule has 1 fully saturated rings. The van der Waals surface area contributed by atoms with Gasteiger partial charge in [0, 0.05) is 12.1 Å². The first-order chi connectivity index (χ1) is 6.61. The first kappa shape index (κ1) is 11.5. The van der Waals surface area contributed by atoms with E-state index in [9.17, 15) is 4.79 Å². The van der Waals surface area contributed by atoms with Crippen LogP contribution in [0, 0.1) is 5.92 Å². The molecule has 0 spiro atoms. The van der Waals surface area contributed by atoms with Crippen LogP contribution >= 0.6 is 0 Å². The molecule has 3 nitrogen and oxygen atoms in total. The normalized spacial score (nSPS) is 28.8. The summed E-state index contributed by atoms with van der Waals surface area (Å²) in [6.07, 6.45) is 4.27. The Kier molecular flexibility index (Phi) is 4.39. The highest BCUT2D eigenvalue weighted by molar-refractivity contribution is 5.69. The molecule has 1 rings (SSSR count). The molecule has 0 aromatic heterocycles. The Morgan fingerprint density at radius 3 is 2.79 bits per heavy atom. The van der Waals surface area contributed by atoms with Crippen molar-refractivity contribution < 1.29 is 9.53 Å². The van der Waals surface area contributed by atoms with Gasteiger partial charge >= 0.3 is 5.97 Å². The lowest BCUT2D eigenvalue weighted by Crippen LogP contribution is -2.36. The maximum absolute atomic E-state index is 11.0. The van der Waals surface area contributed by atoms with E-state index in [1.807, 2.05) is 6.92 Å². The van der Waals surface area contributed by atoms with Crippen molar-refractivity contribution >= 4 is 5.97 Å². The molecule has 3 atom stereocenters. The van der Waals surface area contributed by atoms with Crippen LogP contribution in [0.3, 0.4) is 0 Å². The van der Waals surface area contributed by atoms with Crippen LogP contribution in [0.15, 0.2) is 0 Å². The molecule has 1 saturated carbocycles. The van der Waals surface area contributed by atoms with Crippen LogP contribution in [-0.4, -0.2) is 25.2 Å². The molecule has 0 aliphatic heterocycles. The Labute approximate surface area is 86.2 Å². The molecule has 0 aromatic carbocycles. The molecule has 3 unspecified atom stereocenters. The first-order valence-corrected chi connectivity index (χ1v) is 5.44. The molecule has 1 N–H and O–H groups in total. The van der Waals surface area contributed by atoms with Crippen LogP contribution in [0.25, 0.3) is 0 Å². The number of nitrogens with one attached hydrogen (secondary N) is 1. The van der Waals surface area contributed by atoms with E-state index >= 15 is 0 Å². The van der Waals surface area contributed by atoms with Gasteiger partial charge in [-0.2, -0.15) is 0 Å². The van der Waals surface area contributed by atoms with E-state index in [-0.39, 0.29) is 12.0 Å². The van der Waals surface area contributed by atoms with Crippen molar-refractivity contribution in [3.63, 3.8) is 0 Å². The minimum atomic E-state index is -0.129. The topological polar surface area (TPSA) is 38.3 Å². The molecule has 0 amide bonds. The van der Waals surface area contributed by atoms with Gasteiger partial charge in [-0.15, -0.1) is 0 Å². The summed E-state index contributed by atoms with van der Waals surface area (Å²) in [6.45, 7) is 4.33. The predicted octanol–water partition coefficient (Wildman–Crippen LogP) is 1.72. The molecule has 82 valence electrons. The fourth-order valence-electron chi connectivity index (χ4n) is 2.15. The summed E-state index contributed by atoms with van der Waals surface area (Å²) >= 11 is 0. The van der Waals surface area contributed by atoms with Crippen LogP contribution in [0.2, 0.25) is 0 Å². The summed E-state index contributed by atoms with van der Waals surface area (Å²) in [5.41, 5.74) is 0. The predicted molar refractivity (Wildman–Crippen MR) is 56.0 cm³/mol. The summed E-state index contributed by atoms with van der Waals surface area (Å²) in [4.78, 5) is 11.0. The molecule has 1 aliphatic carbocycles. The minimum Gasteiger partial charge on any atom is -0.469 e. The van der Waals surface area contributed by atoms with Gasteiger partial charge in [0.15, 0.2) is 0 Å². The molecule has 0 aromatic rings. The van der Waals surface area contributed by atoms with E-state index in [0.717, 1.165) is 5.92 Å². The number of ether oxygens (including phenoxy) is 1. The SMILES string of the molecule is COC(=O)CC(C)NC1CCC(C)C1. The van der Waals surface area contributed by atoms with E-state index < -0.39 is 0 Å². The lowest BCUT2D eigenvalue weighted by atomic mass is 10.1. The number of methoxy groups -OCH3 is 1. The monoisotopic (exact) mass is 199 g/mol. The van der Waals surface area contributed by atoms with Gasteiger partial charge in [0.1, 0.15) is 0 Å². The fourth-order valence-corrected chi connectivity index (χ4v) is 2.15. The zero-order valence-corrected chi connectivity index (χ0v) is 9.38. The number of carbonyl (C=O) groups excluding carboxylic acids is 1. The summed E-state index contributed by atoms with van der Waals surface area (Å²) in [6, 6.07) is 0.836. The van der Waals surface area contributed by atoms with Crippen LogP contribution in [0.4, 0.5) is 0 Å². The van der Waals surface area contributed by atoms with E-state index in [4.69, 9.17) is 0 Å². The summed E-state index contributed by atoms with van der Waals surface area (Å²) in [5.74, 6) is 0.703. The Hall–Kier alpha value is -0.570. The molecule has 1 aliphatic rings. The van der Waals surface area contributed by atoms with E-state index in [1.165, 1.54) is 26.4 Å². The number of hydrogen-bond donors (Lipinski definition) is 1. The molecule has 0 radical (unpaired) electrons. The van der Waals surface area contributed by atoms with E-state index in [1.54, 1.807) is 0 Å². The van der Waals surface area contributed by atoms with Crippen LogP contribution in [0.5, 0.6) is 0 Å². The van der Waals surface area contributed by atoms with Crippen LogP contribution < -0.4 is 5.32 Å². The van der Waals surface area contributed by atoms with Gasteiger partial charge in [-0.1, -0.05) is 6.92 Å². The van der Waals surface area contributed by atoms with Gasteiger partial charge in [-0.3, -0.25) is 4.79 Å². The van der Waals surface area contributed by atoms with Gasteiger partial charge in [0.2, 0.25) is 0 Å². The average Bonchev–Trinajstić information content (AvgIpc) is 2.50. The minimum absolute atomic E-state index is 0.129. The summed E-state index contributed by atoms with van der Waals surface area (Å²) in [5, 5.41) is 3.47. The van der Waals surface area contributed by atoms with Crippen molar-refractivity contribution in [3.05, 3.63) is 0 Å². The van der Waals surface area contributed by atoms with Crippen molar-refractivity contribution in [1.29, 1.82) is 0 Å². The maximum Gasteiger partial charge on any atom is 0.307 e. The first-order valence-electron chi connectivity index (χ1n) is 5.44. The Morgan fingerprint density at radius 1 is 1.57 bits per heavy atom. The van der Waals surface area contributed by atoms with Gasteiger partial charge in [-0.05, 0) is 32.1 Å². The lowest BCUT2D eigenvalue weighted by molar-refractivity contribution is -0.141. The molecule has 3 heteroatoms. The summed E-state index contributed by atoms with van der Waals surface area (Å²) in [7, 11) is 1.44. The van der Waals surface area contributed by atoms with Crippen molar-refractivity contribution in [2.24, 2.45) is 5.92 Å². The number of rotatable bonds is 4. The molecule has 0 heterocycles. The molecular formula is C11H21NO2.